The van der Waals surface area contributed by atoms with Gasteiger partial charge in [-0.1, -0.05) is 43.7 Å². The topological polar surface area (TPSA) is 20.2 Å². The molecule has 3 unspecified atom stereocenters. The predicted octanol–water partition coefficient (Wildman–Crippen LogP) is 3.81. The lowest BCUT2D eigenvalue weighted by atomic mass is 9.94. The van der Waals surface area contributed by atoms with Crippen LogP contribution in [0.3, 0.4) is 0 Å². The van der Waals surface area contributed by atoms with Crippen molar-refractivity contribution in [1.29, 1.82) is 0 Å². The highest BCUT2D eigenvalue weighted by atomic mass is 16.3. The molecule has 1 saturated carbocycles. The molecule has 0 saturated heterocycles. The minimum atomic E-state index is -0.0661. The second-order valence-corrected chi connectivity index (χ2v) is 5.62. The van der Waals surface area contributed by atoms with E-state index in [9.17, 15) is 5.11 Å². The number of benzene rings is 1. The molecule has 3 atom stereocenters. The van der Waals surface area contributed by atoms with Crippen LogP contribution in [0.4, 0.5) is 0 Å². The van der Waals surface area contributed by atoms with E-state index in [-0.39, 0.29) is 6.10 Å². The van der Waals surface area contributed by atoms with Crippen molar-refractivity contribution in [3.63, 3.8) is 0 Å². The Balaban J connectivity index is 1.68. The molecule has 2 rings (SSSR count). The normalized spacial score (nSPS) is 26.0. The molecule has 0 heterocycles. The van der Waals surface area contributed by atoms with Gasteiger partial charge in [0.05, 0.1) is 6.10 Å². The van der Waals surface area contributed by atoms with Crippen molar-refractivity contribution < 1.29 is 5.11 Å². The minimum absolute atomic E-state index is 0.0661. The average Bonchev–Trinajstić information content (AvgIpc) is 2.77. The largest absolute Gasteiger partial charge is 0.393 e. The fraction of sp³-hybridized carbons (Fsp3) is 0.625. The first-order valence-electron chi connectivity index (χ1n) is 6.97. The van der Waals surface area contributed by atoms with Gasteiger partial charge in [0.25, 0.3) is 0 Å². The lowest BCUT2D eigenvalue weighted by Crippen LogP contribution is -2.18. The molecular weight excluding hydrogens is 208 g/mol. The molecule has 0 aromatic heterocycles. The van der Waals surface area contributed by atoms with Crippen LogP contribution in [0.25, 0.3) is 0 Å². The number of hydrogen-bond donors (Lipinski definition) is 1. The molecule has 1 aliphatic carbocycles. The van der Waals surface area contributed by atoms with Crippen LogP contribution in [0.5, 0.6) is 0 Å². The first kappa shape index (κ1) is 12.6. The standard InChI is InChI=1S/C16H24O/c1-13-10-11-15(12-13)16(17)9-5-8-14-6-3-2-4-7-14/h2-4,6-7,13,15-17H,5,8-12H2,1H3. The van der Waals surface area contributed by atoms with Gasteiger partial charge in [-0.2, -0.15) is 0 Å². The Morgan fingerprint density at radius 3 is 2.65 bits per heavy atom. The van der Waals surface area contributed by atoms with E-state index < -0.39 is 0 Å². The molecule has 1 nitrogen and oxygen atoms in total. The van der Waals surface area contributed by atoms with Gasteiger partial charge in [-0.3, -0.25) is 0 Å². The molecule has 17 heavy (non-hydrogen) atoms. The van der Waals surface area contributed by atoms with Crippen LogP contribution >= 0.6 is 0 Å². The molecule has 1 fully saturated rings. The highest BCUT2D eigenvalue weighted by molar-refractivity contribution is 5.14. The summed E-state index contributed by atoms with van der Waals surface area (Å²) in [7, 11) is 0. The second-order valence-electron chi connectivity index (χ2n) is 5.62. The molecule has 0 spiro atoms. The molecule has 1 aromatic carbocycles. The van der Waals surface area contributed by atoms with Gasteiger partial charge in [0.1, 0.15) is 0 Å². The minimum Gasteiger partial charge on any atom is -0.393 e. The van der Waals surface area contributed by atoms with Crippen LogP contribution in [-0.4, -0.2) is 11.2 Å². The summed E-state index contributed by atoms with van der Waals surface area (Å²) in [5.74, 6) is 1.39. The molecule has 0 bridgehead atoms. The molecule has 1 aliphatic rings. The maximum absolute atomic E-state index is 10.1. The van der Waals surface area contributed by atoms with Crippen molar-refractivity contribution in [2.24, 2.45) is 11.8 Å². The molecule has 1 N–H and O–H groups in total. The van der Waals surface area contributed by atoms with E-state index in [0.717, 1.165) is 25.2 Å². The molecule has 1 aromatic rings. The van der Waals surface area contributed by atoms with E-state index in [1.807, 2.05) is 0 Å². The van der Waals surface area contributed by atoms with Crippen LogP contribution in [-0.2, 0) is 6.42 Å². The van der Waals surface area contributed by atoms with Crippen LogP contribution in [0, 0.1) is 11.8 Å². The Morgan fingerprint density at radius 1 is 1.24 bits per heavy atom. The second kappa shape index (κ2) is 6.20. The maximum atomic E-state index is 10.1. The summed E-state index contributed by atoms with van der Waals surface area (Å²) in [5.41, 5.74) is 1.39. The lowest BCUT2D eigenvalue weighted by Gasteiger charge is -2.17. The van der Waals surface area contributed by atoms with E-state index in [1.54, 1.807) is 0 Å². The fourth-order valence-electron chi connectivity index (χ4n) is 3.00. The van der Waals surface area contributed by atoms with Crippen LogP contribution < -0.4 is 0 Å². The maximum Gasteiger partial charge on any atom is 0.0568 e. The molecular formula is C16H24O. The monoisotopic (exact) mass is 232 g/mol. The van der Waals surface area contributed by atoms with Crippen molar-refractivity contribution in [2.75, 3.05) is 0 Å². The van der Waals surface area contributed by atoms with E-state index >= 15 is 0 Å². The average molecular weight is 232 g/mol. The summed E-state index contributed by atoms with van der Waals surface area (Å²) >= 11 is 0. The van der Waals surface area contributed by atoms with Gasteiger partial charge < -0.3 is 5.11 Å². The third-order valence-electron chi connectivity index (χ3n) is 4.09. The quantitative estimate of drug-likeness (QED) is 0.818. The van der Waals surface area contributed by atoms with Crippen LogP contribution in [0.15, 0.2) is 30.3 Å². The van der Waals surface area contributed by atoms with Crippen molar-refractivity contribution in [1.82, 2.24) is 0 Å². The number of aryl methyl sites for hydroxylation is 1. The number of aliphatic hydroxyl groups is 1. The van der Waals surface area contributed by atoms with Crippen LogP contribution in [0.2, 0.25) is 0 Å². The van der Waals surface area contributed by atoms with Gasteiger partial charge in [-0.15, -0.1) is 0 Å². The molecule has 0 radical (unpaired) electrons. The van der Waals surface area contributed by atoms with Gasteiger partial charge in [-0.05, 0) is 49.5 Å². The van der Waals surface area contributed by atoms with Gasteiger partial charge in [0, 0.05) is 0 Å². The number of hydrogen-bond acceptors (Lipinski definition) is 1. The van der Waals surface area contributed by atoms with E-state index in [1.165, 1.54) is 24.8 Å². The first-order valence-corrected chi connectivity index (χ1v) is 6.97. The predicted molar refractivity (Wildman–Crippen MR) is 71.9 cm³/mol. The Kier molecular flexibility index (Phi) is 4.61. The lowest BCUT2D eigenvalue weighted by molar-refractivity contribution is 0.0980. The summed E-state index contributed by atoms with van der Waals surface area (Å²) in [4.78, 5) is 0. The van der Waals surface area contributed by atoms with Gasteiger partial charge in [0.15, 0.2) is 0 Å². The molecule has 0 amide bonds. The highest BCUT2D eigenvalue weighted by Crippen LogP contribution is 2.33. The van der Waals surface area contributed by atoms with E-state index in [4.69, 9.17) is 0 Å². The third-order valence-corrected chi connectivity index (χ3v) is 4.09. The molecule has 94 valence electrons. The smallest absolute Gasteiger partial charge is 0.0568 e. The Morgan fingerprint density at radius 2 is 2.00 bits per heavy atom. The zero-order valence-corrected chi connectivity index (χ0v) is 10.8. The third kappa shape index (κ3) is 3.85. The number of rotatable bonds is 5. The van der Waals surface area contributed by atoms with Crippen molar-refractivity contribution in [3.8, 4) is 0 Å². The van der Waals surface area contributed by atoms with Crippen molar-refractivity contribution in [3.05, 3.63) is 35.9 Å². The zero-order valence-electron chi connectivity index (χ0n) is 10.8. The summed E-state index contributed by atoms with van der Waals surface area (Å²) < 4.78 is 0. The van der Waals surface area contributed by atoms with Gasteiger partial charge in [0.2, 0.25) is 0 Å². The molecule has 0 aliphatic heterocycles. The van der Waals surface area contributed by atoms with Gasteiger partial charge >= 0.3 is 0 Å². The summed E-state index contributed by atoms with van der Waals surface area (Å²) in [6, 6.07) is 10.6. The summed E-state index contributed by atoms with van der Waals surface area (Å²) in [6.07, 6.45) is 6.87. The van der Waals surface area contributed by atoms with Crippen LogP contribution in [0.1, 0.15) is 44.6 Å². The Labute approximate surface area is 105 Å². The van der Waals surface area contributed by atoms with E-state index in [2.05, 4.69) is 37.3 Å². The Bertz CT molecular complexity index is 320. The highest BCUT2D eigenvalue weighted by Gasteiger charge is 2.26. The summed E-state index contributed by atoms with van der Waals surface area (Å²) in [6.45, 7) is 2.30. The van der Waals surface area contributed by atoms with Gasteiger partial charge in [-0.25, -0.2) is 0 Å². The fourth-order valence-corrected chi connectivity index (χ4v) is 3.00. The number of aliphatic hydroxyl groups excluding tert-OH is 1. The first-order chi connectivity index (χ1) is 8.25. The Hall–Kier alpha value is -0.820. The summed E-state index contributed by atoms with van der Waals surface area (Å²) in [5, 5.41) is 10.1. The molecule has 1 heteroatoms. The van der Waals surface area contributed by atoms with E-state index in [0.29, 0.717) is 5.92 Å². The zero-order chi connectivity index (χ0) is 12.1. The van der Waals surface area contributed by atoms with Crippen molar-refractivity contribution >= 4 is 0 Å². The van der Waals surface area contributed by atoms with Crippen molar-refractivity contribution in [2.45, 2.75) is 51.6 Å². The SMILES string of the molecule is CC1CCC(C(O)CCCc2ccccc2)C1.